The second-order valence-electron chi connectivity index (χ2n) is 4.33. The summed E-state index contributed by atoms with van der Waals surface area (Å²) in [7, 11) is 0. The summed E-state index contributed by atoms with van der Waals surface area (Å²) in [6.45, 7) is 2.44. The van der Waals surface area contributed by atoms with Crippen LogP contribution < -0.4 is 0 Å². The minimum absolute atomic E-state index is 0.215. The van der Waals surface area contributed by atoms with E-state index in [4.69, 9.17) is 5.53 Å². The van der Waals surface area contributed by atoms with Gasteiger partial charge in [0.25, 0.3) is 0 Å². The average molecular weight is 227 g/mol. The molecule has 0 radical (unpaired) electrons. The number of aliphatic hydroxyl groups is 1. The van der Waals surface area contributed by atoms with Crippen molar-refractivity contribution >= 4 is 0 Å². The van der Waals surface area contributed by atoms with Crippen molar-refractivity contribution < 1.29 is 5.11 Å². The molecule has 0 aliphatic rings. The van der Waals surface area contributed by atoms with E-state index in [1.165, 1.54) is 44.9 Å². The van der Waals surface area contributed by atoms with Gasteiger partial charge < -0.3 is 5.11 Å². The Morgan fingerprint density at radius 1 is 1.06 bits per heavy atom. The van der Waals surface area contributed by atoms with Crippen molar-refractivity contribution in [2.45, 2.75) is 70.8 Å². The van der Waals surface area contributed by atoms with E-state index in [2.05, 4.69) is 16.9 Å². The van der Waals surface area contributed by atoms with Crippen LogP contribution >= 0.6 is 0 Å². The predicted octanol–water partition coefficient (Wildman–Crippen LogP) is 4.19. The molecule has 4 nitrogen and oxygen atoms in total. The lowest BCUT2D eigenvalue weighted by Crippen LogP contribution is -2.09. The van der Waals surface area contributed by atoms with Crippen LogP contribution in [0, 0.1) is 0 Å². The van der Waals surface area contributed by atoms with Crippen molar-refractivity contribution in [2.75, 3.05) is 6.54 Å². The first-order valence-electron chi connectivity index (χ1n) is 6.50. The first-order valence-corrected chi connectivity index (χ1v) is 6.50. The van der Waals surface area contributed by atoms with Crippen LogP contribution in [0.5, 0.6) is 0 Å². The highest BCUT2D eigenvalue weighted by atomic mass is 16.3. The Bertz CT molecular complexity index is 191. The second kappa shape index (κ2) is 12.3. The van der Waals surface area contributed by atoms with Crippen LogP contribution in [-0.4, -0.2) is 17.8 Å². The number of aliphatic hydroxyl groups excluding tert-OH is 1. The third-order valence-corrected chi connectivity index (χ3v) is 2.75. The monoisotopic (exact) mass is 227 g/mol. The van der Waals surface area contributed by atoms with Crippen molar-refractivity contribution in [3.8, 4) is 0 Å². The van der Waals surface area contributed by atoms with E-state index in [1.54, 1.807) is 0 Å². The molecule has 94 valence electrons. The molecule has 0 saturated carbocycles. The number of rotatable bonds is 11. The Balaban J connectivity index is 3.11. The Morgan fingerprint density at radius 3 is 2.19 bits per heavy atom. The van der Waals surface area contributed by atoms with Crippen molar-refractivity contribution in [1.82, 2.24) is 0 Å². The highest BCUT2D eigenvalue weighted by molar-refractivity contribution is 4.59. The molecule has 0 aromatic rings. The smallest absolute Gasteiger partial charge is 0.0596 e. The minimum atomic E-state index is -0.448. The molecule has 0 aromatic heterocycles. The Morgan fingerprint density at radius 2 is 1.62 bits per heavy atom. The van der Waals surface area contributed by atoms with Crippen molar-refractivity contribution in [2.24, 2.45) is 5.11 Å². The van der Waals surface area contributed by atoms with Crippen LogP contribution in [-0.2, 0) is 0 Å². The molecule has 0 fully saturated rings. The summed E-state index contributed by atoms with van der Waals surface area (Å²) in [6.07, 6.45) is 10.4. The van der Waals surface area contributed by atoms with Gasteiger partial charge in [0.1, 0.15) is 0 Å². The standard InChI is InChI=1S/C12H25N3O/c1-2-3-4-5-6-7-8-9-10-12(16)11-14-15-13/h12,16H,2-11H2,1H3. The number of azide groups is 1. The van der Waals surface area contributed by atoms with E-state index in [0.717, 1.165) is 12.8 Å². The van der Waals surface area contributed by atoms with Crippen LogP contribution in [0.2, 0.25) is 0 Å². The van der Waals surface area contributed by atoms with Crippen molar-refractivity contribution in [3.05, 3.63) is 10.4 Å². The summed E-state index contributed by atoms with van der Waals surface area (Å²) in [5.41, 5.74) is 8.07. The van der Waals surface area contributed by atoms with Gasteiger partial charge in [-0.1, -0.05) is 63.4 Å². The first kappa shape index (κ1) is 15.3. The molecule has 0 saturated heterocycles. The Kier molecular flexibility index (Phi) is 11.8. The first-order chi connectivity index (χ1) is 7.81. The highest BCUT2D eigenvalue weighted by Crippen LogP contribution is 2.10. The van der Waals surface area contributed by atoms with Gasteiger partial charge in [0.2, 0.25) is 0 Å². The van der Waals surface area contributed by atoms with Gasteiger partial charge in [-0.05, 0) is 12.0 Å². The zero-order chi connectivity index (χ0) is 12.1. The van der Waals surface area contributed by atoms with Crippen molar-refractivity contribution in [1.29, 1.82) is 0 Å². The fourth-order valence-corrected chi connectivity index (χ4v) is 1.74. The van der Waals surface area contributed by atoms with Crippen molar-refractivity contribution in [3.63, 3.8) is 0 Å². The molecule has 0 aliphatic heterocycles. The zero-order valence-corrected chi connectivity index (χ0v) is 10.4. The fraction of sp³-hybridized carbons (Fsp3) is 1.00. The SMILES string of the molecule is CCCCCCCCCCC(O)CN=[N+]=[N-]. The van der Waals surface area contributed by atoms with E-state index in [-0.39, 0.29) is 6.54 Å². The number of unbranched alkanes of at least 4 members (excludes halogenated alkanes) is 7. The number of hydrogen-bond acceptors (Lipinski definition) is 2. The molecule has 1 atom stereocenters. The summed E-state index contributed by atoms with van der Waals surface area (Å²) >= 11 is 0. The summed E-state index contributed by atoms with van der Waals surface area (Å²) in [4.78, 5) is 2.63. The van der Waals surface area contributed by atoms with Gasteiger partial charge in [0, 0.05) is 4.91 Å². The van der Waals surface area contributed by atoms with Gasteiger partial charge in [-0.25, -0.2) is 0 Å². The maximum Gasteiger partial charge on any atom is 0.0596 e. The predicted molar refractivity (Wildman–Crippen MR) is 67.2 cm³/mol. The van der Waals surface area contributed by atoms with Gasteiger partial charge >= 0.3 is 0 Å². The van der Waals surface area contributed by atoms with E-state index < -0.39 is 6.10 Å². The van der Waals surface area contributed by atoms with E-state index >= 15 is 0 Å². The summed E-state index contributed by atoms with van der Waals surface area (Å²) in [5, 5.41) is 12.7. The largest absolute Gasteiger partial charge is 0.393 e. The van der Waals surface area contributed by atoms with E-state index in [9.17, 15) is 5.11 Å². The third kappa shape index (κ3) is 11.3. The highest BCUT2D eigenvalue weighted by Gasteiger charge is 2.01. The van der Waals surface area contributed by atoms with Gasteiger partial charge in [0.15, 0.2) is 0 Å². The molecular formula is C12H25N3O. The molecule has 0 aliphatic carbocycles. The molecule has 0 rings (SSSR count). The maximum absolute atomic E-state index is 9.39. The van der Waals surface area contributed by atoms with Gasteiger partial charge in [-0.2, -0.15) is 0 Å². The summed E-state index contributed by atoms with van der Waals surface area (Å²) in [5.74, 6) is 0. The third-order valence-electron chi connectivity index (χ3n) is 2.75. The molecule has 0 aromatic carbocycles. The lowest BCUT2D eigenvalue weighted by molar-refractivity contribution is 0.168. The number of hydrogen-bond donors (Lipinski definition) is 1. The van der Waals surface area contributed by atoms with E-state index in [1.807, 2.05) is 0 Å². The van der Waals surface area contributed by atoms with E-state index in [0.29, 0.717) is 0 Å². The molecule has 0 amide bonds. The van der Waals surface area contributed by atoms with Crippen LogP contribution in [0.4, 0.5) is 0 Å². The van der Waals surface area contributed by atoms with Crippen LogP contribution in [0.3, 0.4) is 0 Å². The summed E-state index contributed by atoms with van der Waals surface area (Å²) in [6, 6.07) is 0. The second-order valence-corrected chi connectivity index (χ2v) is 4.33. The molecule has 0 spiro atoms. The van der Waals surface area contributed by atoms with Gasteiger partial charge in [-0.3, -0.25) is 0 Å². The molecule has 4 heteroatoms. The lowest BCUT2D eigenvalue weighted by atomic mass is 10.1. The van der Waals surface area contributed by atoms with Crippen LogP contribution in [0.1, 0.15) is 64.7 Å². The Labute approximate surface area is 98.7 Å². The summed E-state index contributed by atoms with van der Waals surface area (Å²) < 4.78 is 0. The molecular weight excluding hydrogens is 202 g/mol. The Hall–Kier alpha value is -0.730. The van der Waals surface area contributed by atoms with Gasteiger partial charge in [-0.15, -0.1) is 0 Å². The topological polar surface area (TPSA) is 69.0 Å². The molecule has 1 N–H and O–H groups in total. The lowest BCUT2D eigenvalue weighted by Gasteiger charge is -2.06. The molecule has 0 heterocycles. The quantitative estimate of drug-likeness (QED) is 0.244. The zero-order valence-electron chi connectivity index (χ0n) is 10.4. The normalized spacial score (nSPS) is 12.1. The molecule has 16 heavy (non-hydrogen) atoms. The minimum Gasteiger partial charge on any atom is -0.393 e. The average Bonchev–Trinajstić information content (AvgIpc) is 2.30. The molecule has 0 bridgehead atoms. The maximum atomic E-state index is 9.39. The molecule has 1 unspecified atom stereocenters. The number of nitrogens with zero attached hydrogens (tertiary/aromatic N) is 3. The van der Waals surface area contributed by atoms with Gasteiger partial charge in [0.05, 0.1) is 12.6 Å². The van der Waals surface area contributed by atoms with Crippen LogP contribution in [0.25, 0.3) is 10.4 Å². The fourth-order valence-electron chi connectivity index (χ4n) is 1.74. The van der Waals surface area contributed by atoms with Crippen LogP contribution in [0.15, 0.2) is 5.11 Å².